The van der Waals surface area contributed by atoms with Crippen LogP contribution in [0.2, 0.25) is 0 Å². The van der Waals surface area contributed by atoms with Crippen LogP contribution in [0.5, 0.6) is 0 Å². The van der Waals surface area contributed by atoms with Crippen molar-refractivity contribution in [1.29, 1.82) is 0 Å². The minimum atomic E-state index is -0.101. The van der Waals surface area contributed by atoms with Gasteiger partial charge in [-0.1, -0.05) is 48.5 Å². The zero-order valence-corrected chi connectivity index (χ0v) is 17.1. The van der Waals surface area contributed by atoms with E-state index >= 15 is 0 Å². The smallest absolute Gasteiger partial charge is 0.317 e. The van der Waals surface area contributed by atoms with Gasteiger partial charge >= 0.3 is 6.03 Å². The van der Waals surface area contributed by atoms with Crippen LogP contribution in [-0.4, -0.2) is 48.0 Å². The molecule has 156 valence electrons. The number of nitrogens with zero attached hydrogens (tertiary/aromatic N) is 1. The summed E-state index contributed by atoms with van der Waals surface area (Å²) in [5, 5.41) is 7.07. The van der Waals surface area contributed by atoms with Crippen LogP contribution in [0.25, 0.3) is 10.9 Å². The first kappa shape index (κ1) is 20.0. The van der Waals surface area contributed by atoms with Gasteiger partial charge in [0.2, 0.25) is 0 Å². The topological polar surface area (TPSA) is 77.2 Å². The van der Waals surface area contributed by atoms with Gasteiger partial charge in [0.05, 0.1) is 0 Å². The number of hydrogen-bond donors (Lipinski definition) is 3. The number of amides is 3. The number of fused-ring (bicyclic) bond motifs is 1. The molecule has 1 fully saturated rings. The van der Waals surface area contributed by atoms with Crippen LogP contribution in [0.4, 0.5) is 4.79 Å². The normalized spacial score (nSPS) is 16.4. The Kier molecular flexibility index (Phi) is 6.32. The highest BCUT2D eigenvalue weighted by atomic mass is 16.2. The molecule has 0 aliphatic carbocycles. The third-order valence-corrected chi connectivity index (χ3v) is 5.66. The van der Waals surface area contributed by atoms with E-state index in [1.165, 1.54) is 5.56 Å². The van der Waals surface area contributed by atoms with Crippen LogP contribution >= 0.6 is 0 Å². The highest BCUT2D eigenvalue weighted by Crippen LogP contribution is 2.17. The van der Waals surface area contributed by atoms with Crippen LogP contribution in [0.15, 0.2) is 60.7 Å². The maximum Gasteiger partial charge on any atom is 0.317 e. The standard InChI is InChI=1S/C24H28N4O2/c29-23(22-15-20-10-4-5-11-21(20)27-22)26-16-19-9-6-14-28(17-19)24(30)25-13-12-18-7-2-1-3-8-18/h1-5,7-8,10-11,15,19,27H,6,9,12-14,16-17H2,(H,25,30)(H,26,29)/t19-/m0/s1. The van der Waals surface area contributed by atoms with Crippen molar-refractivity contribution in [3.8, 4) is 0 Å². The second-order valence-corrected chi connectivity index (χ2v) is 7.90. The summed E-state index contributed by atoms with van der Waals surface area (Å²) in [6.45, 7) is 2.64. The number of nitrogens with one attached hydrogen (secondary N) is 3. The van der Waals surface area contributed by atoms with E-state index in [1.54, 1.807) is 0 Å². The maximum absolute atomic E-state index is 12.5. The number of urea groups is 1. The molecule has 0 bridgehead atoms. The lowest BCUT2D eigenvalue weighted by atomic mass is 9.98. The Hall–Kier alpha value is -3.28. The van der Waals surface area contributed by atoms with Gasteiger partial charge in [-0.15, -0.1) is 0 Å². The first-order valence-electron chi connectivity index (χ1n) is 10.6. The van der Waals surface area contributed by atoms with Gasteiger partial charge in [-0.2, -0.15) is 0 Å². The Morgan fingerprint density at radius 2 is 1.83 bits per heavy atom. The molecule has 1 aliphatic heterocycles. The molecule has 0 spiro atoms. The SMILES string of the molecule is O=C(NC[C@@H]1CCCN(C(=O)NCCc2ccccc2)C1)c1cc2ccccc2[nH]1. The molecule has 1 atom stereocenters. The number of carbonyl (C=O) groups is 2. The number of aromatic amines is 1. The first-order chi connectivity index (χ1) is 14.7. The van der Waals surface area contributed by atoms with Gasteiger partial charge < -0.3 is 20.5 Å². The van der Waals surface area contributed by atoms with Gasteiger partial charge in [0.15, 0.2) is 0 Å². The van der Waals surface area contributed by atoms with Gasteiger partial charge in [0, 0.05) is 37.1 Å². The van der Waals surface area contributed by atoms with E-state index in [-0.39, 0.29) is 17.9 Å². The Labute approximate surface area is 176 Å². The molecular weight excluding hydrogens is 376 g/mol. The predicted molar refractivity (Wildman–Crippen MR) is 118 cm³/mol. The van der Waals surface area contributed by atoms with Crippen LogP contribution in [-0.2, 0) is 6.42 Å². The molecule has 0 saturated carbocycles. The minimum Gasteiger partial charge on any atom is -0.351 e. The second kappa shape index (κ2) is 9.48. The molecule has 6 heteroatoms. The highest BCUT2D eigenvalue weighted by molar-refractivity contribution is 5.97. The average Bonchev–Trinajstić information content (AvgIpc) is 3.23. The van der Waals surface area contributed by atoms with Crippen molar-refractivity contribution in [3.63, 3.8) is 0 Å². The van der Waals surface area contributed by atoms with Gasteiger partial charge in [-0.05, 0) is 42.9 Å². The van der Waals surface area contributed by atoms with Crippen LogP contribution in [0.1, 0.15) is 28.9 Å². The number of carbonyl (C=O) groups excluding carboxylic acids is 2. The van der Waals surface area contributed by atoms with Crippen molar-refractivity contribution in [2.24, 2.45) is 5.92 Å². The van der Waals surface area contributed by atoms with Crippen molar-refractivity contribution < 1.29 is 9.59 Å². The van der Waals surface area contributed by atoms with Gasteiger partial charge in [0.1, 0.15) is 5.69 Å². The molecular formula is C24H28N4O2. The fourth-order valence-electron chi connectivity index (χ4n) is 4.01. The van der Waals surface area contributed by atoms with Crippen LogP contribution in [0, 0.1) is 5.92 Å². The van der Waals surface area contributed by atoms with Gasteiger partial charge in [-0.25, -0.2) is 4.79 Å². The van der Waals surface area contributed by atoms with Crippen LogP contribution < -0.4 is 10.6 Å². The van der Waals surface area contributed by atoms with Gasteiger partial charge in [-0.3, -0.25) is 4.79 Å². The third kappa shape index (κ3) is 5.00. The zero-order chi connectivity index (χ0) is 20.8. The molecule has 6 nitrogen and oxygen atoms in total. The van der Waals surface area contributed by atoms with Crippen molar-refractivity contribution in [2.45, 2.75) is 19.3 Å². The molecule has 3 aromatic rings. The number of likely N-dealkylation sites (tertiary alicyclic amines) is 1. The van der Waals surface area contributed by atoms with Crippen molar-refractivity contribution in [2.75, 3.05) is 26.2 Å². The van der Waals surface area contributed by atoms with E-state index in [0.29, 0.717) is 25.3 Å². The van der Waals surface area contributed by atoms with E-state index in [1.807, 2.05) is 53.4 Å². The lowest BCUT2D eigenvalue weighted by molar-refractivity contribution is 0.0933. The zero-order valence-electron chi connectivity index (χ0n) is 17.1. The predicted octanol–water partition coefficient (Wildman–Crippen LogP) is 3.56. The van der Waals surface area contributed by atoms with E-state index in [2.05, 4.69) is 27.8 Å². The second-order valence-electron chi connectivity index (χ2n) is 7.90. The number of H-pyrrole nitrogens is 1. The number of aromatic nitrogens is 1. The summed E-state index contributed by atoms with van der Waals surface area (Å²) in [5.41, 5.74) is 2.75. The third-order valence-electron chi connectivity index (χ3n) is 5.66. The Morgan fingerprint density at radius 1 is 1.03 bits per heavy atom. The molecule has 2 aromatic carbocycles. The molecule has 2 heterocycles. The maximum atomic E-state index is 12.5. The summed E-state index contributed by atoms with van der Waals surface area (Å²) >= 11 is 0. The van der Waals surface area contributed by atoms with Crippen LogP contribution in [0.3, 0.4) is 0 Å². The fourth-order valence-corrected chi connectivity index (χ4v) is 4.01. The van der Waals surface area contributed by atoms with Crippen molar-refractivity contribution in [3.05, 3.63) is 71.9 Å². The first-order valence-corrected chi connectivity index (χ1v) is 10.6. The Bertz CT molecular complexity index is 966. The number of hydrogen-bond acceptors (Lipinski definition) is 2. The molecule has 1 saturated heterocycles. The minimum absolute atomic E-state index is 0.0161. The quantitative estimate of drug-likeness (QED) is 0.587. The molecule has 0 radical (unpaired) electrons. The largest absolute Gasteiger partial charge is 0.351 e. The summed E-state index contributed by atoms with van der Waals surface area (Å²) in [4.78, 5) is 30.1. The summed E-state index contributed by atoms with van der Waals surface area (Å²) in [6.07, 6.45) is 2.80. The van der Waals surface area contributed by atoms with Crippen molar-refractivity contribution in [1.82, 2.24) is 20.5 Å². The molecule has 1 aliphatic rings. The average molecular weight is 405 g/mol. The van der Waals surface area contributed by atoms with Gasteiger partial charge in [0.25, 0.3) is 5.91 Å². The number of para-hydroxylation sites is 1. The molecule has 3 amide bonds. The number of piperidine rings is 1. The van der Waals surface area contributed by atoms with E-state index < -0.39 is 0 Å². The van der Waals surface area contributed by atoms with E-state index in [4.69, 9.17) is 0 Å². The number of benzene rings is 2. The summed E-state index contributed by atoms with van der Waals surface area (Å²) in [5.74, 6) is 0.169. The lowest BCUT2D eigenvalue weighted by Crippen LogP contribution is -2.48. The van der Waals surface area contributed by atoms with E-state index in [0.717, 1.165) is 36.7 Å². The van der Waals surface area contributed by atoms with Crippen molar-refractivity contribution >= 4 is 22.8 Å². The molecule has 1 aromatic heterocycles. The molecule has 4 rings (SSSR count). The summed E-state index contributed by atoms with van der Waals surface area (Å²) in [6, 6.07) is 19.9. The summed E-state index contributed by atoms with van der Waals surface area (Å²) < 4.78 is 0. The molecule has 30 heavy (non-hydrogen) atoms. The Balaban J connectivity index is 1.23. The number of rotatable bonds is 6. The summed E-state index contributed by atoms with van der Waals surface area (Å²) in [7, 11) is 0. The monoisotopic (exact) mass is 404 g/mol. The molecule has 3 N–H and O–H groups in total. The lowest BCUT2D eigenvalue weighted by Gasteiger charge is -2.32. The van der Waals surface area contributed by atoms with E-state index in [9.17, 15) is 9.59 Å². The fraction of sp³-hybridized carbons (Fsp3) is 0.333. The highest BCUT2D eigenvalue weighted by Gasteiger charge is 2.24. The Morgan fingerprint density at radius 3 is 2.67 bits per heavy atom. The molecule has 0 unspecified atom stereocenters.